The molecule has 2 aromatic heterocycles. The maximum absolute atomic E-state index is 11.7. The van der Waals surface area contributed by atoms with Crippen molar-refractivity contribution in [3.8, 4) is 0 Å². The smallest absolute Gasteiger partial charge is 0.337 e. The Morgan fingerprint density at radius 2 is 2.28 bits per heavy atom. The number of carbonyl (C=O) groups excluding carboxylic acids is 1. The molecule has 0 spiro atoms. The van der Waals surface area contributed by atoms with Gasteiger partial charge in [0.05, 0.1) is 23.7 Å². The minimum atomic E-state index is -0.441. The lowest BCUT2D eigenvalue weighted by atomic mass is 10.2. The van der Waals surface area contributed by atoms with Gasteiger partial charge in [0.15, 0.2) is 0 Å². The van der Waals surface area contributed by atoms with Gasteiger partial charge in [0.25, 0.3) is 5.56 Å². The summed E-state index contributed by atoms with van der Waals surface area (Å²) in [6.45, 7) is 0. The zero-order chi connectivity index (χ0) is 12.7. The van der Waals surface area contributed by atoms with E-state index in [1.54, 1.807) is 35.0 Å². The maximum Gasteiger partial charge on any atom is 0.337 e. The standard InChI is InChI=1S/C12H9N3O3/c1-18-12(17)7-2-3-9-8(6-7)14-11(16)10-13-4-5-15(9)10/h2-6H,1H3,(H,14,16). The second kappa shape index (κ2) is 3.69. The van der Waals surface area contributed by atoms with Crippen LogP contribution in [0.4, 0.5) is 0 Å². The Bertz CT molecular complexity index is 816. The molecule has 18 heavy (non-hydrogen) atoms. The highest BCUT2D eigenvalue weighted by Crippen LogP contribution is 2.14. The van der Waals surface area contributed by atoms with Crippen LogP contribution in [-0.4, -0.2) is 27.4 Å². The molecule has 0 unspecified atom stereocenters. The molecule has 0 atom stereocenters. The van der Waals surface area contributed by atoms with Gasteiger partial charge in [-0.05, 0) is 18.2 Å². The number of H-pyrrole nitrogens is 1. The number of nitrogens with zero attached hydrogens (tertiary/aromatic N) is 2. The molecular weight excluding hydrogens is 234 g/mol. The molecule has 90 valence electrons. The van der Waals surface area contributed by atoms with E-state index in [9.17, 15) is 9.59 Å². The number of hydrogen-bond acceptors (Lipinski definition) is 4. The Labute approximate surface area is 101 Å². The Balaban J connectivity index is 2.39. The number of nitrogens with one attached hydrogen (secondary N) is 1. The molecule has 1 N–H and O–H groups in total. The lowest BCUT2D eigenvalue weighted by Gasteiger charge is -2.04. The van der Waals surface area contributed by atoms with Gasteiger partial charge in [0, 0.05) is 12.4 Å². The van der Waals surface area contributed by atoms with E-state index in [0.29, 0.717) is 16.7 Å². The molecule has 2 heterocycles. The van der Waals surface area contributed by atoms with Gasteiger partial charge < -0.3 is 9.72 Å². The number of benzene rings is 1. The predicted octanol–water partition coefficient (Wildman–Crippen LogP) is 0.962. The Hall–Kier alpha value is -2.63. The molecule has 3 rings (SSSR count). The minimum Gasteiger partial charge on any atom is -0.465 e. The van der Waals surface area contributed by atoms with Gasteiger partial charge in [0.1, 0.15) is 0 Å². The summed E-state index contributed by atoms with van der Waals surface area (Å²) in [5, 5.41) is 0. The first kappa shape index (κ1) is 10.5. The van der Waals surface area contributed by atoms with E-state index < -0.39 is 5.97 Å². The largest absolute Gasteiger partial charge is 0.465 e. The second-order valence-corrected chi connectivity index (χ2v) is 3.80. The summed E-state index contributed by atoms with van der Waals surface area (Å²) in [5.41, 5.74) is 1.76. The molecule has 0 bridgehead atoms. The van der Waals surface area contributed by atoms with Crippen molar-refractivity contribution in [1.29, 1.82) is 0 Å². The van der Waals surface area contributed by atoms with Crippen molar-refractivity contribution in [3.05, 3.63) is 46.5 Å². The topological polar surface area (TPSA) is 76.5 Å². The van der Waals surface area contributed by atoms with Crippen LogP contribution in [0.3, 0.4) is 0 Å². The number of imidazole rings is 1. The molecule has 1 aromatic carbocycles. The monoisotopic (exact) mass is 243 g/mol. The highest BCUT2D eigenvalue weighted by molar-refractivity contribution is 5.93. The highest BCUT2D eigenvalue weighted by atomic mass is 16.5. The molecule has 0 aliphatic heterocycles. The fraction of sp³-hybridized carbons (Fsp3) is 0.0833. The van der Waals surface area contributed by atoms with Crippen molar-refractivity contribution in [2.75, 3.05) is 7.11 Å². The van der Waals surface area contributed by atoms with Crippen LogP contribution in [0.2, 0.25) is 0 Å². The SMILES string of the molecule is COC(=O)c1ccc2c(c1)[nH]c(=O)c1nccn12. The van der Waals surface area contributed by atoms with E-state index >= 15 is 0 Å². The van der Waals surface area contributed by atoms with Gasteiger partial charge in [-0.1, -0.05) is 0 Å². The number of carbonyl (C=O) groups is 1. The summed E-state index contributed by atoms with van der Waals surface area (Å²) in [6.07, 6.45) is 3.25. The first-order chi connectivity index (χ1) is 8.70. The van der Waals surface area contributed by atoms with Crippen LogP contribution in [0.5, 0.6) is 0 Å². The highest BCUT2D eigenvalue weighted by Gasteiger charge is 2.09. The molecular formula is C12H9N3O3. The van der Waals surface area contributed by atoms with E-state index in [1.807, 2.05) is 0 Å². The minimum absolute atomic E-state index is 0.297. The first-order valence-corrected chi connectivity index (χ1v) is 5.28. The zero-order valence-corrected chi connectivity index (χ0v) is 9.51. The Kier molecular flexibility index (Phi) is 2.16. The van der Waals surface area contributed by atoms with Crippen LogP contribution < -0.4 is 5.56 Å². The van der Waals surface area contributed by atoms with Gasteiger partial charge in [0.2, 0.25) is 5.65 Å². The third-order valence-corrected chi connectivity index (χ3v) is 2.77. The number of aromatic nitrogens is 3. The van der Waals surface area contributed by atoms with E-state index in [0.717, 1.165) is 5.52 Å². The van der Waals surface area contributed by atoms with Gasteiger partial charge in [-0.3, -0.25) is 9.20 Å². The molecule has 3 aromatic rings. The molecule has 0 aliphatic rings. The number of methoxy groups -OCH3 is 1. The van der Waals surface area contributed by atoms with E-state index in [2.05, 4.69) is 14.7 Å². The van der Waals surface area contributed by atoms with Crippen molar-refractivity contribution in [1.82, 2.24) is 14.4 Å². The van der Waals surface area contributed by atoms with Crippen LogP contribution in [0.25, 0.3) is 16.7 Å². The number of aromatic amines is 1. The number of hydrogen-bond donors (Lipinski definition) is 1. The van der Waals surface area contributed by atoms with E-state index in [1.165, 1.54) is 7.11 Å². The van der Waals surface area contributed by atoms with Crippen LogP contribution in [0.1, 0.15) is 10.4 Å². The summed E-state index contributed by atoms with van der Waals surface area (Å²) in [7, 11) is 1.31. The normalized spacial score (nSPS) is 10.9. The second-order valence-electron chi connectivity index (χ2n) is 3.80. The van der Waals surface area contributed by atoms with Crippen LogP contribution in [-0.2, 0) is 4.74 Å². The maximum atomic E-state index is 11.7. The Morgan fingerprint density at radius 1 is 1.44 bits per heavy atom. The summed E-state index contributed by atoms with van der Waals surface area (Å²) >= 11 is 0. The van der Waals surface area contributed by atoms with Gasteiger partial charge in [-0.15, -0.1) is 0 Å². The lowest BCUT2D eigenvalue weighted by Crippen LogP contribution is -2.11. The quantitative estimate of drug-likeness (QED) is 0.646. The van der Waals surface area contributed by atoms with Gasteiger partial charge >= 0.3 is 5.97 Å². The molecule has 0 radical (unpaired) electrons. The average molecular weight is 243 g/mol. The number of fused-ring (bicyclic) bond motifs is 3. The number of ether oxygens (including phenoxy) is 1. The summed E-state index contributed by atoms with van der Waals surface area (Å²) in [5.74, 6) is -0.441. The molecule has 0 saturated heterocycles. The fourth-order valence-electron chi connectivity index (χ4n) is 1.94. The number of esters is 1. The van der Waals surface area contributed by atoms with Crippen LogP contribution in [0, 0.1) is 0 Å². The fourth-order valence-corrected chi connectivity index (χ4v) is 1.94. The average Bonchev–Trinajstić information content (AvgIpc) is 2.87. The first-order valence-electron chi connectivity index (χ1n) is 5.28. The van der Waals surface area contributed by atoms with Gasteiger partial charge in [-0.2, -0.15) is 0 Å². The molecule has 0 fully saturated rings. The third-order valence-electron chi connectivity index (χ3n) is 2.77. The predicted molar refractivity (Wildman–Crippen MR) is 64.7 cm³/mol. The lowest BCUT2D eigenvalue weighted by molar-refractivity contribution is 0.0601. The van der Waals surface area contributed by atoms with E-state index in [-0.39, 0.29) is 5.56 Å². The molecule has 6 nitrogen and oxygen atoms in total. The number of rotatable bonds is 1. The summed E-state index contributed by atoms with van der Waals surface area (Å²) < 4.78 is 6.31. The molecule has 0 saturated carbocycles. The molecule has 0 aliphatic carbocycles. The van der Waals surface area contributed by atoms with Crippen molar-refractivity contribution < 1.29 is 9.53 Å². The van der Waals surface area contributed by atoms with Crippen LogP contribution in [0.15, 0.2) is 35.4 Å². The van der Waals surface area contributed by atoms with Crippen LogP contribution >= 0.6 is 0 Å². The van der Waals surface area contributed by atoms with Crippen molar-refractivity contribution in [3.63, 3.8) is 0 Å². The molecule has 0 amide bonds. The van der Waals surface area contributed by atoms with Crippen molar-refractivity contribution in [2.45, 2.75) is 0 Å². The van der Waals surface area contributed by atoms with Crippen molar-refractivity contribution >= 4 is 22.6 Å². The van der Waals surface area contributed by atoms with E-state index in [4.69, 9.17) is 0 Å². The molecule has 6 heteroatoms. The Morgan fingerprint density at radius 3 is 3.06 bits per heavy atom. The summed E-state index contributed by atoms with van der Waals surface area (Å²) in [6, 6.07) is 4.97. The zero-order valence-electron chi connectivity index (χ0n) is 9.51. The van der Waals surface area contributed by atoms with Gasteiger partial charge in [-0.25, -0.2) is 9.78 Å². The van der Waals surface area contributed by atoms with Crippen molar-refractivity contribution in [2.24, 2.45) is 0 Å². The summed E-state index contributed by atoms with van der Waals surface area (Å²) in [4.78, 5) is 29.8. The third kappa shape index (κ3) is 1.39.